The number of benzene rings is 2. The smallest absolute Gasteiger partial charge is 0.241 e. The van der Waals surface area contributed by atoms with E-state index >= 15 is 0 Å². The zero-order valence-electron chi connectivity index (χ0n) is 14.6. The van der Waals surface area contributed by atoms with Crippen molar-refractivity contribution in [3.8, 4) is 5.75 Å². The zero-order chi connectivity index (χ0) is 19.6. The number of aryl methyl sites for hydroxylation is 1. The first kappa shape index (κ1) is 19.7. The molecule has 0 saturated carbocycles. The largest absolute Gasteiger partial charge is 0.497 e. The van der Waals surface area contributed by atoms with Gasteiger partial charge >= 0.3 is 0 Å². The van der Waals surface area contributed by atoms with Crippen LogP contribution in [0.4, 0.5) is 0 Å². The average molecular weight is 426 g/mol. The van der Waals surface area contributed by atoms with Crippen molar-refractivity contribution in [2.45, 2.75) is 10.9 Å². The summed E-state index contributed by atoms with van der Waals surface area (Å²) >= 11 is 11.9. The van der Waals surface area contributed by atoms with E-state index in [-0.39, 0.29) is 14.9 Å². The lowest BCUT2D eigenvalue weighted by Gasteiger charge is -2.20. The van der Waals surface area contributed by atoms with E-state index in [1.165, 1.54) is 18.2 Å². The molecular formula is C18H17Cl2N3O3S. The number of hydrogen-bond donors (Lipinski definition) is 1. The Morgan fingerprint density at radius 2 is 1.85 bits per heavy atom. The van der Waals surface area contributed by atoms with E-state index in [1.54, 1.807) is 55.4 Å². The summed E-state index contributed by atoms with van der Waals surface area (Å²) < 4.78 is 35.7. The first-order chi connectivity index (χ1) is 12.8. The highest BCUT2D eigenvalue weighted by Gasteiger charge is 2.26. The predicted molar refractivity (Wildman–Crippen MR) is 105 cm³/mol. The molecular weight excluding hydrogens is 409 g/mol. The highest BCUT2D eigenvalue weighted by atomic mass is 35.5. The summed E-state index contributed by atoms with van der Waals surface area (Å²) in [5, 5.41) is 0.468. The fourth-order valence-electron chi connectivity index (χ4n) is 2.65. The van der Waals surface area contributed by atoms with Crippen LogP contribution in [0.2, 0.25) is 10.0 Å². The molecule has 1 atom stereocenters. The third kappa shape index (κ3) is 4.44. The number of methoxy groups -OCH3 is 1. The van der Waals surface area contributed by atoms with Gasteiger partial charge in [0.2, 0.25) is 10.0 Å². The molecule has 2 aromatic carbocycles. The molecule has 0 bridgehead atoms. The highest BCUT2D eigenvalue weighted by molar-refractivity contribution is 7.89. The SMILES string of the molecule is COc1cccc(C(NS(=O)(=O)c2cc(Cl)cc(Cl)c2)c2nccn2C)c1. The second-order valence-electron chi connectivity index (χ2n) is 5.83. The normalized spacial score (nSPS) is 12.7. The van der Waals surface area contributed by atoms with Crippen LogP contribution in [0.15, 0.2) is 59.8 Å². The fourth-order valence-corrected chi connectivity index (χ4v) is 4.56. The maximum Gasteiger partial charge on any atom is 0.241 e. The lowest BCUT2D eigenvalue weighted by atomic mass is 10.1. The van der Waals surface area contributed by atoms with E-state index < -0.39 is 16.1 Å². The Balaban J connectivity index is 2.07. The number of rotatable bonds is 6. The molecule has 0 amide bonds. The molecule has 1 N–H and O–H groups in total. The summed E-state index contributed by atoms with van der Waals surface area (Å²) in [7, 11) is -0.588. The Morgan fingerprint density at radius 3 is 2.44 bits per heavy atom. The van der Waals surface area contributed by atoms with Crippen molar-refractivity contribution in [3.05, 3.63) is 76.3 Å². The molecule has 0 aliphatic heterocycles. The van der Waals surface area contributed by atoms with Crippen molar-refractivity contribution in [2.24, 2.45) is 7.05 Å². The van der Waals surface area contributed by atoms with E-state index in [4.69, 9.17) is 27.9 Å². The summed E-state index contributed by atoms with van der Waals surface area (Å²) in [6, 6.07) is 10.6. The number of ether oxygens (including phenoxy) is 1. The van der Waals surface area contributed by atoms with Gasteiger partial charge in [0.1, 0.15) is 17.6 Å². The number of halogens is 2. The van der Waals surface area contributed by atoms with Crippen LogP contribution in [0.25, 0.3) is 0 Å². The summed E-state index contributed by atoms with van der Waals surface area (Å²) in [4.78, 5) is 4.28. The Bertz CT molecular complexity index is 1050. The minimum absolute atomic E-state index is 0.0258. The molecule has 1 heterocycles. The predicted octanol–water partition coefficient (Wildman–Crippen LogP) is 3.80. The molecule has 1 aromatic heterocycles. The molecule has 9 heteroatoms. The zero-order valence-corrected chi connectivity index (χ0v) is 16.9. The lowest BCUT2D eigenvalue weighted by molar-refractivity contribution is 0.413. The van der Waals surface area contributed by atoms with Crippen LogP contribution in [0, 0.1) is 0 Å². The lowest BCUT2D eigenvalue weighted by Crippen LogP contribution is -2.31. The van der Waals surface area contributed by atoms with E-state index in [9.17, 15) is 8.42 Å². The van der Waals surface area contributed by atoms with Gasteiger partial charge in [0.05, 0.1) is 12.0 Å². The van der Waals surface area contributed by atoms with E-state index in [2.05, 4.69) is 9.71 Å². The van der Waals surface area contributed by atoms with Gasteiger partial charge < -0.3 is 9.30 Å². The van der Waals surface area contributed by atoms with Crippen molar-refractivity contribution >= 4 is 33.2 Å². The van der Waals surface area contributed by atoms with Crippen LogP contribution in [-0.4, -0.2) is 25.1 Å². The third-order valence-corrected chi connectivity index (χ3v) is 5.80. The average Bonchev–Trinajstić information content (AvgIpc) is 3.04. The quantitative estimate of drug-likeness (QED) is 0.651. The Labute approximate surface area is 167 Å². The van der Waals surface area contributed by atoms with E-state index in [0.29, 0.717) is 17.1 Å². The van der Waals surface area contributed by atoms with Crippen molar-refractivity contribution in [3.63, 3.8) is 0 Å². The number of aromatic nitrogens is 2. The first-order valence-corrected chi connectivity index (χ1v) is 10.1. The second kappa shape index (κ2) is 7.90. The molecule has 0 aliphatic carbocycles. The van der Waals surface area contributed by atoms with Gasteiger partial charge in [-0.3, -0.25) is 0 Å². The molecule has 6 nitrogen and oxygen atoms in total. The molecule has 3 aromatic rings. The van der Waals surface area contributed by atoms with Crippen molar-refractivity contribution < 1.29 is 13.2 Å². The topological polar surface area (TPSA) is 73.2 Å². The van der Waals surface area contributed by atoms with Crippen LogP contribution in [0.5, 0.6) is 5.75 Å². The van der Waals surface area contributed by atoms with Crippen LogP contribution >= 0.6 is 23.2 Å². The van der Waals surface area contributed by atoms with Gasteiger partial charge in [-0.2, -0.15) is 4.72 Å². The first-order valence-electron chi connectivity index (χ1n) is 7.90. The second-order valence-corrected chi connectivity index (χ2v) is 8.42. The van der Waals surface area contributed by atoms with Crippen LogP contribution in [-0.2, 0) is 17.1 Å². The van der Waals surface area contributed by atoms with E-state index in [1.807, 2.05) is 0 Å². The molecule has 142 valence electrons. The fraction of sp³-hybridized carbons (Fsp3) is 0.167. The minimum Gasteiger partial charge on any atom is -0.497 e. The standard InChI is InChI=1S/C18H17Cl2N3O3S/c1-23-7-6-21-18(23)17(12-4-3-5-15(8-12)26-2)22-27(24,25)16-10-13(19)9-14(20)11-16/h3-11,17,22H,1-2H3. The van der Waals surface area contributed by atoms with Crippen molar-refractivity contribution in [2.75, 3.05) is 7.11 Å². The van der Waals surface area contributed by atoms with Gasteiger partial charge in [-0.05, 0) is 35.9 Å². The highest BCUT2D eigenvalue weighted by Crippen LogP contribution is 2.28. The maximum absolute atomic E-state index is 13.0. The number of hydrogen-bond acceptors (Lipinski definition) is 4. The minimum atomic E-state index is -3.93. The molecule has 0 fully saturated rings. The summed E-state index contributed by atoms with van der Waals surface area (Å²) in [6.07, 6.45) is 3.35. The van der Waals surface area contributed by atoms with Gasteiger partial charge in [-0.1, -0.05) is 35.3 Å². The molecule has 0 radical (unpaired) electrons. The van der Waals surface area contributed by atoms with Gasteiger partial charge in [0, 0.05) is 29.5 Å². The Kier molecular flexibility index (Phi) is 5.76. The van der Waals surface area contributed by atoms with E-state index in [0.717, 1.165) is 0 Å². The number of nitrogens with zero attached hydrogens (tertiary/aromatic N) is 2. The van der Waals surface area contributed by atoms with Crippen molar-refractivity contribution in [1.29, 1.82) is 0 Å². The van der Waals surface area contributed by atoms with Crippen LogP contribution in [0.3, 0.4) is 0 Å². The number of imidazole rings is 1. The number of sulfonamides is 1. The molecule has 0 aliphatic rings. The van der Waals surface area contributed by atoms with Crippen molar-refractivity contribution in [1.82, 2.24) is 14.3 Å². The van der Waals surface area contributed by atoms with Gasteiger partial charge in [-0.15, -0.1) is 0 Å². The van der Waals surface area contributed by atoms with Gasteiger partial charge in [-0.25, -0.2) is 13.4 Å². The molecule has 0 saturated heterocycles. The molecule has 27 heavy (non-hydrogen) atoms. The van der Waals surface area contributed by atoms with Gasteiger partial charge in [0.25, 0.3) is 0 Å². The maximum atomic E-state index is 13.0. The number of nitrogens with one attached hydrogen (secondary N) is 1. The van der Waals surface area contributed by atoms with Gasteiger partial charge in [0.15, 0.2) is 0 Å². The van der Waals surface area contributed by atoms with Crippen LogP contribution in [0.1, 0.15) is 17.4 Å². The molecule has 0 spiro atoms. The third-order valence-electron chi connectivity index (χ3n) is 3.96. The monoisotopic (exact) mass is 425 g/mol. The molecule has 1 unspecified atom stereocenters. The summed E-state index contributed by atoms with van der Waals surface area (Å²) in [6.45, 7) is 0. The Morgan fingerprint density at radius 1 is 1.15 bits per heavy atom. The van der Waals surface area contributed by atoms with Crippen LogP contribution < -0.4 is 9.46 Å². The molecule has 3 rings (SSSR count). The summed E-state index contributed by atoms with van der Waals surface area (Å²) in [5.41, 5.74) is 0.681. The Hall–Kier alpha value is -2.06. The summed E-state index contributed by atoms with van der Waals surface area (Å²) in [5.74, 6) is 1.14.